The van der Waals surface area contributed by atoms with Gasteiger partial charge in [-0.3, -0.25) is 4.90 Å². The normalized spacial score (nSPS) is 41.2. The van der Waals surface area contributed by atoms with Crippen molar-refractivity contribution in [1.29, 1.82) is 0 Å². The molecule has 0 spiro atoms. The molecule has 1 saturated carbocycles. The summed E-state index contributed by atoms with van der Waals surface area (Å²) in [5.74, 6) is 0. The molecule has 0 aromatic heterocycles. The number of rotatable bonds is 1. The van der Waals surface area contributed by atoms with Gasteiger partial charge in [-0.2, -0.15) is 0 Å². The van der Waals surface area contributed by atoms with E-state index in [0.717, 1.165) is 12.1 Å². The molecule has 1 nitrogen and oxygen atoms in total. The second-order valence-electron chi connectivity index (χ2n) is 5.03. The summed E-state index contributed by atoms with van der Waals surface area (Å²) < 4.78 is 0. The summed E-state index contributed by atoms with van der Waals surface area (Å²) >= 11 is 0. The Morgan fingerprint density at radius 2 is 1.58 bits per heavy atom. The van der Waals surface area contributed by atoms with Gasteiger partial charge in [0.25, 0.3) is 0 Å². The van der Waals surface area contributed by atoms with Crippen LogP contribution in [0, 0.1) is 0 Å². The lowest BCUT2D eigenvalue weighted by Crippen LogP contribution is -2.26. The summed E-state index contributed by atoms with van der Waals surface area (Å²) in [4.78, 5) is 2.71. The van der Waals surface area contributed by atoms with Crippen molar-refractivity contribution in [3.8, 4) is 0 Å². The highest BCUT2D eigenvalue weighted by Crippen LogP contribution is 2.45. The van der Waals surface area contributed by atoms with Crippen LogP contribution in [0.5, 0.6) is 0 Å². The standard InChI is InChI=1S/C11H21N/c1-9-11(2,3)12(9)10-7-5-4-6-8-10/h9-10H,4-8H2,1-3H3. The Labute approximate surface area is 76.1 Å². The van der Waals surface area contributed by atoms with Crippen molar-refractivity contribution in [3.63, 3.8) is 0 Å². The molecule has 1 aliphatic heterocycles. The number of nitrogens with zero attached hydrogens (tertiary/aromatic N) is 1. The lowest BCUT2D eigenvalue weighted by Gasteiger charge is -2.25. The van der Waals surface area contributed by atoms with Crippen LogP contribution in [0.1, 0.15) is 52.9 Å². The minimum Gasteiger partial charge on any atom is -0.289 e. The average molecular weight is 167 g/mol. The smallest absolute Gasteiger partial charge is 0.0312 e. The van der Waals surface area contributed by atoms with E-state index in [4.69, 9.17) is 0 Å². The second kappa shape index (κ2) is 2.73. The van der Waals surface area contributed by atoms with Crippen molar-refractivity contribution in [1.82, 2.24) is 4.90 Å². The van der Waals surface area contributed by atoms with Crippen LogP contribution in [-0.2, 0) is 0 Å². The van der Waals surface area contributed by atoms with Crippen LogP contribution in [0.3, 0.4) is 0 Å². The molecule has 0 aromatic rings. The SMILES string of the molecule is CC1N(C2CCCCC2)C1(C)C. The molecule has 0 aromatic carbocycles. The van der Waals surface area contributed by atoms with Crippen LogP contribution in [-0.4, -0.2) is 22.5 Å². The van der Waals surface area contributed by atoms with E-state index in [0.29, 0.717) is 5.54 Å². The molecule has 2 aliphatic rings. The van der Waals surface area contributed by atoms with Gasteiger partial charge in [-0.25, -0.2) is 0 Å². The third-order valence-electron chi connectivity index (χ3n) is 4.01. The molecule has 2 unspecified atom stereocenters. The van der Waals surface area contributed by atoms with E-state index in [-0.39, 0.29) is 0 Å². The van der Waals surface area contributed by atoms with Crippen LogP contribution in [0.4, 0.5) is 0 Å². The van der Waals surface area contributed by atoms with Gasteiger partial charge in [0.1, 0.15) is 0 Å². The first-order valence-corrected chi connectivity index (χ1v) is 5.42. The Kier molecular flexibility index (Phi) is 1.95. The van der Waals surface area contributed by atoms with Crippen LogP contribution >= 0.6 is 0 Å². The first-order valence-electron chi connectivity index (χ1n) is 5.42. The molecular weight excluding hydrogens is 146 g/mol. The predicted octanol–water partition coefficient (Wildman–Crippen LogP) is 2.80. The van der Waals surface area contributed by atoms with Gasteiger partial charge >= 0.3 is 0 Å². The van der Waals surface area contributed by atoms with Crippen molar-refractivity contribution >= 4 is 0 Å². The molecule has 70 valence electrons. The van der Waals surface area contributed by atoms with Gasteiger partial charge in [0.05, 0.1) is 0 Å². The van der Waals surface area contributed by atoms with Gasteiger partial charge in [0, 0.05) is 17.6 Å². The highest BCUT2D eigenvalue weighted by Gasteiger charge is 2.54. The molecule has 0 amide bonds. The fourth-order valence-electron chi connectivity index (χ4n) is 2.86. The maximum atomic E-state index is 2.71. The molecule has 0 bridgehead atoms. The molecule has 2 rings (SSSR count). The summed E-state index contributed by atoms with van der Waals surface area (Å²) in [6.45, 7) is 7.13. The quantitative estimate of drug-likeness (QED) is 0.543. The van der Waals surface area contributed by atoms with Crippen LogP contribution < -0.4 is 0 Å². The lowest BCUT2D eigenvalue weighted by molar-refractivity contribution is 0.253. The van der Waals surface area contributed by atoms with Gasteiger partial charge in [0.15, 0.2) is 0 Å². The Hall–Kier alpha value is -0.0400. The fraction of sp³-hybridized carbons (Fsp3) is 1.00. The van der Waals surface area contributed by atoms with Crippen LogP contribution in [0.2, 0.25) is 0 Å². The van der Waals surface area contributed by atoms with Crippen molar-refractivity contribution in [3.05, 3.63) is 0 Å². The Morgan fingerprint density at radius 1 is 1.08 bits per heavy atom. The maximum absolute atomic E-state index is 2.71. The first-order chi connectivity index (χ1) is 5.64. The minimum absolute atomic E-state index is 0.516. The molecule has 1 aliphatic carbocycles. The monoisotopic (exact) mass is 167 g/mol. The van der Waals surface area contributed by atoms with Gasteiger partial charge < -0.3 is 0 Å². The summed E-state index contributed by atoms with van der Waals surface area (Å²) in [6.07, 6.45) is 7.30. The first kappa shape index (κ1) is 8.55. The molecule has 2 atom stereocenters. The topological polar surface area (TPSA) is 3.01 Å². The van der Waals surface area contributed by atoms with Gasteiger partial charge in [-0.15, -0.1) is 0 Å². The summed E-state index contributed by atoms with van der Waals surface area (Å²) in [7, 11) is 0. The van der Waals surface area contributed by atoms with E-state index in [9.17, 15) is 0 Å². The van der Waals surface area contributed by atoms with Crippen molar-refractivity contribution < 1.29 is 0 Å². The van der Waals surface area contributed by atoms with E-state index in [1.807, 2.05) is 0 Å². The van der Waals surface area contributed by atoms with E-state index < -0.39 is 0 Å². The Balaban J connectivity index is 1.93. The largest absolute Gasteiger partial charge is 0.289 e. The highest BCUT2D eigenvalue weighted by molar-refractivity contribution is 5.11. The zero-order valence-electron chi connectivity index (χ0n) is 8.64. The van der Waals surface area contributed by atoms with Gasteiger partial charge in [-0.1, -0.05) is 19.3 Å². The molecule has 0 N–H and O–H groups in total. The zero-order valence-corrected chi connectivity index (χ0v) is 8.64. The average Bonchev–Trinajstić information content (AvgIpc) is 2.53. The summed E-state index contributed by atoms with van der Waals surface area (Å²) in [6, 6.07) is 1.75. The van der Waals surface area contributed by atoms with E-state index in [1.165, 1.54) is 32.1 Å². The minimum atomic E-state index is 0.516. The van der Waals surface area contributed by atoms with Crippen molar-refractivity contribution in [2.24, 2.45) is 0 Å². The molecule has 0 radical (unpaired) electrons. The number of hydrogen-bond acceptors (Lipinski definition) is 1. The lowest BCUT2D eigenvalue weighted by atomic mass is 9.95. The Bertz CT molecular complexity index is 168. The van der Waals surface area contributed by atoms with Crippen molar-refractivity contribution in [2.45, 2.75) is 70.5 Å². The molecule has 1 heterocycles. The molecule has 1 heteroatoms. The zero-order chi connectivity index (χ0) is 8.77. The Morgan fingerprint density at radius 3 is 2.00 bits per heavy atom. The molecular formula is C11H21N. The number of hydrogen-bond donors (Lipinski definition) is 0. The van der Waals surface area contributed by atoms with Gasteiger partial charge in [0.2, 0.25) is 0 Å². The maximum Gasteiger partial charge on any atom is 0.0312 e. The third kappa shape index (κ3) is 1.19. The predicted molar refractivity (Wildman–Crippen MR) is 52.3 cm³/mol. The summed E-state index contributed by atoms with van der Waals surface area (Å²) in [5.41, 5.74) is 0.516. The fourth-order valence-corrected chi connectivity index (χ4v) is 2.86. The molecule has 12 heavy (non-hydrogen) atoms. The van der Waals surface area contributed by atoms with E-state index >= 15 is 0 Å². The van der Waals surface area contributed by atoms with Crippen LogP contribution in [0.15, 0.2) is 0 Å². The molecule has 2 fully saturated rings. The van der Waals surface area contributed by atoms with Crippen molar-refractivity contribution in [2.75, 3.05) is 0 Å². The molecule has 1 saturated heterocycles. The summed E-state index contributed by atoms with van der Waals surface area (Å²) in [5, 5.41) is 0. The van der Waals surface area contributed by atoms with E-state index in [1.54, 1.807) is 0 Å². The second-order valence-corrected chi connectivity index (χ2v) is 5.03. The van der Waals surface area contributed by atoms with Crippen LogP contribution in [0.25, 0.3) is 0 Å². The van der Waals surface area contributed by atoms with E-state index in [2.05, 4.69) is 25.7 Å². The third-order valence-corrected chi connectivity index (χ3v) is 4.01. The highest BCUT2D eigenvalue weighted by atomic mass is 15.4. The van der Waals surface area contributed by atoms with Gasteiger partial charge in [-0.05, 0) is 33.6 Å².